The van der Waals surface area contributed by atoms with E-state index in [1.807, 2.05) is 12.1 Å². The molecule has 0 spiro atoms. The number of ether oxygens (including phenoxy) is 1. The van der Waals surface area contributed by atoms with Crippen molar-refractivity contribution < 1.29 is 9.15 Å². The summed E-state index contributed by atoms with van der Waals surface area (Å²) >= 11 is 0. The van der Waals surface area contributed by atoms with E-state index in [0.29, 0.717) is 6.61 Å². The van der Waals surface area contributed by atoms with Gasteiger partial charge in [0.2, 0.25) is 0 Å². The van der Waals surface area contributed by atoms with Crippen molar-refractivity contribution in [1.29, 1.82) is 0 Å². The lowest BCUT2D eigenvalue weighted by atomic mass is 10.0. The van der Waals surface area contributed by atoms with Crippen LogP contribution in [0.25, 0.3) is 0 Å². The van der Waals surface area contributed by atoms with Crippen LogP contribution in [-0.2, 0) is 17.9 Å². The Morgan fingerprint density at radius 3 is 2.85 bits per heavy atom. The summed E-state index contributed by atoms with van der Waals surface area (Å²) < 4.78 is 10.7. The van der Waals surface area contributed by atoms with Crippen molar-refractivity contribution in [2.45, 2.75) is 33.4 Å². The summed E-state index contributed by atoms with van der Waals surface area (Å²) in [6.07, 6.45) is 2.68. The van der Waals surface area contributed by atoms with Crippen molar-refractivity contribution in [3.63, 3.8) is 0 Å². The molecule has 0 bridgehead atoms. The Morgan fingerprint density at radius 1 is 1.15 bits per heavy atom. The number of rotatable bonds is 8. The molecule has 108 valence electrons. The molecule has 0 fully saturated rings. The Bertz CT molecular complexity index is 506. The number of aryl methyl sites for hydroxylation is 1. The molecule has 20 heavy (non-hydrogen) atoms. The molecular formula is C17H23NO2. The average molecular weight is 273 g/mol. The van der Waals surface area contributed by atoms with E-state index >= 15 is 0 Å². The largest absolute Gasteiger partial charge is 0.467 e. The Kier molecular flexibility index (Phi) is 5.84. The second-order valence-corrected chi connectivity index (χ2v) is 5.02. The molecule has 3 heteroatoms. The zero-order valence-electron chi connectivity index (χ0n) is 12.3. The minimum absolute atomic E-state index is 0.560. The topological polar surface area (TPSA) is 34.4 Å². The van der Waals surface area contributed by atoms with Crippen molar-refractivity contribution >= 4 is 0 Å². The smallest absolute Gasteiger partial charge is 0.129 e. The molecule has 0 saturated carbocycles. The summed E-state index contributed by atoms with van der Waals surface area (Å²) in [5.74, 6) is 0.883. The van der Waals surface area contributed by atoms with E-state index in [9.17, 15) is 0 Å². The van der Waals surface area contributed by atoms with Gasteiger partial charge in [-0.05, 0) is 55.6 Å². The van der Waals surface area contributed by atoms with Gasteiger partial charge in [0, 0.05) is 13.2 Å². The van der Waals surface area contributed by atoms with Crippen LogP contribution < -0.4 is 5.32 Å². The SMILES string of the molecule is Cc1cccc(CNCCCOCc2ccco2)c1C. The Morgan fingerprint density at radius 2 is 2.05 bits per heavy atom. The van der Waals surface area contributed by atoms with Crippen LogP contribution in [0, 0.1) is 13.8 Å². The van der Waals surface area contributed by atoms with Gasteiger partial charge in [-0.1, -0.05) is 18.2 Å². The van der Waals surface area contributed by atoms with Gasteiger partial charge in [-0.2, -0.15) is 0 Å². The molecular weight excluding hydrogens is 250 g/mol. The van der Waals surface area contributed by atoms with Crippen LogP contribution >= 0.6 is 0 Å². The first-order chi connectivity index (χ1) is 9.77. The first kappa shape index (κ1) is 14.8. The first-order valence-corrected chi connectivity index (χ1v) is 7.13. The lowest BCUT2D eigenvalue weighted by Gasteiger charge is -2.10. The van der Waals surface area contributed by atoms with Crippen LogP contribution in [0.2, 0.25) is 0 Å². The predicted molar refractivity (Wildman–Crippen MR) is 80.6 cm³/mol. The monoisotopic (exact) mass is 273 g/mol. The third kappa shape index (κ3) is 4.51. The van der Waals surface area contributed by atoms with E-state index < -0.39 is 0 Å². The Hall–Kier alpha value is -1.58. The molecule has 3 nitrogen and oxygen atoms in total. The van der Waals surface area contributed by atoms with Gasteiger partial charge in [-0.3, -0.25) is 0 Å². The number of hydrogen-bond acceptors (Lipinski definition) is 3. The highest BCUT2D eigenvalue weighted by molar-refractivity contribution is 5.32. The lowest BCUT2D eigenvalue weighted by molar-refractivity contribution is 0.104. The predicted octanol–water partition coefficient (Wildman–Crippen LogP) is 3.59. The van der Waals surface area contributed by atoms with Gasteiger partial charge < -0.3 is 14.5 Å². The van der Waals surface area contributed by atoms with Crippen molar-refractivity contribution in [2.75, 3.05) is 13.2 Å². The number of nitrogens with one attached hydrogen (secondary N) is 1. The van der Waals surface area contributed by atoms with Gasteiger partial charge in [0.25, 0.3) is 0 Å². The lowest BCUT2D eigenvalue weighted by Crippen LogP contribution is -2.17. The third-order valence-corrected chi connectivity index (χ3v) is 3.50. The number of benzene rings is 1. The van der Waals surface area contributed by atoms with Gasteiger partial charge >= 0.3 is 0 Å². The van der Waals surface area contributed by atoms with Crippen LogP contribution in [0.3, 0.4) is 0 Å². The Balaban J connectivity index is 1.56. The summed E-state index contributed by atoms with van der Waals surface area (Å²) in [7, 11) is 0. The minimum Gasteiger partial charge on any atom is -0.467 e. The van der Waals surface area contributed by atoms with Crippen molar-refractivity contribution in [3.05, 3.63) is 59.0 Å². The fraction of sp³-hybridized carbons (Fsp3) is 0.412. The van der Waals surface area contributed by atoms with Crippen LogP contribution in [0.4, 0.5) is 0 Å². The maximum absolute atomic E-state index is 5.54. The molecule has 0 aliphatic rings. The van der Waals surface area contributed by atoms with Crippen molar-refractivity contribution in [2.24, 2.45) is 0 Å². The molecule has 1 heterocycles. The Labute approximate surface area is 121 Å². The molecule has 0 aliphatic carbocycles. The molecule has 2 aromatic rings. The molecule has 0 atom stereocenters. The molecule has 0 saturated heterocycles. The highest BCUT2D eigenvalue weighted by Gasteiger charge is 2.00. The fourth-order valence-electron chi connectivity index (χ4n) is 2.09. The molecule has 1 aromatic heterocycles. The summed E-state index contributed by atoms with van der Waals surface area (Å²) in [6.45, 7) is 7.53. The highest BCUT2D eigenvalue weighted by atomic mass is 16.5. The van der Waals surface area contributed by atoms with Gasteiger partial charge in [0.15, 0.2) is 0 Å². The maximum Gasteiger partial charge on any atom is 0.129 e. The average Bonchev–Trinajstić information content (AvgIpc) is 2.95. The quantitative estimate of drug-likeness (QED) is 0.746. The minimum atomic E-state index is 0.560. The zero-order valence-corrected chi connectivity index (χ0v) is 12.3. The summed E-state index contributed by atoms with van der Waals surface area (Å²) in [5.41, 5.74) is 4.11. The zero-order chi connectivity index (χ0) is 14.2. The fourth-order valence-corrected chi connectivity index (χ4v) is 2.09. The van der Waals surface area contributed by atoms with Crippen LogP contribution in [0.1, 0.15) is 28.9 Å². The number of hydrogen-bond donors (Lipinski definition) is 1. The molecule has 1 aromatic carbocycles. The van der Waals surface area contributed by atoms with E-state index in [0.717, 1.165) is 31.9 Å². The second-order valence-electron chi connectivity index (χ2n) is 5.02. The van der Waals surface area contributed by atoms with Gasteiger partial charge in [0.1, 0.15) is 12.4 Å². The van der Waals surface area contributed by atoms with Gasteiger partial charge in [-0.15, -0.1) is 0 Å². The normalized spacial score (nSPS) is 10.9. The van der Waals surface area contributed by atoms with Crippen LogP contribution in [-0.4, -0.2) is 13.2 Å². The first-order valence-electron chi connectivity index (χ1n) is 7.13. The third-order valence-electron chi connectivity index (χ3n) is 3.50. The molecule has 2 rings (SSSR count). The van der Waals surface area contributed by atoms with Gasteiger partial charge in [0.05, 0.1) is 6.26 Å². The van der Waals surface area contributed by atoms with Gasteiger partial charge in [-0.25, -0.2) is 0 Å². The van der Waals surface area contributed by atoms with E-state index in [1.165, 1.54) is 16.7 Å². The van der Waals surface area contributed by atoms with E-state index in [1.54, 1.807) is 6.26 Å². The standard InChI is InChI=1S/C17H23NO2/c1-14-6-3-7-16(15(14)2)12-18-9-5-10-19-13-17-8-4-11-20-17/h3-4,6-8,11,18H,5,9-10,12-13H2,1-2H3. The summed E-state index contributed by atoms with van der Waals surface area (Å²) in [4.78, 5) is 0. The summed E-state index contributed by atoms with van der Waals surface area (Å²) in [6, 6.07) is 10.3. The van der Waals surface area contributed by atoms with Crippen LogP contribution in [0.5, 0.6) is 0 Å². The second kappa shape index (κ2) is 7.88. The molecule has 0 radical (unpaired) electrons. The van der Waals surface area contributed by atoms with Crippen LogP contribution in [0.15, 0.2) is 41.0 Å². The van der Waals surface area contributed by atoms with E-state index in [2.05, 4.69) is 37.4 Å². The molecule has 0 aliphatic heterocycles. The highest BCUT2D eigenvalue weighted by Crippen LogP contribution is 2.12. The van der Waals surface area contributed by atoms with E-state index in [4.69, 9.17) is 9.15 Å². The maximum atomic E-state index is 5.54. The molecule has 0 unspecified atom stereocenters. The summed E-state index contributed by atoms with van der Waals surface area (Å²) in [5, 5.41) is 3.46. The molecule has 0 amide bonds. The van der Waals surface area contributed by atoms with Crippen molar-refractivity contribution in [3.8, 4) is 0 Å². The number of furan rings is 1. The van der Waals surface area contributed by atoms with Crippen molar-refractivity contribution in [1.82, 2.24) is 5.32 Å². The molecule has 1 N–H and O–H groups in total. The van der Waals surface area contributed by atoms with E-state index in [-0.39, 0.29) is 0 Å².